The number of aliphatic imine (C=N–C) groups is 1. The molecule has 0 aliphatic rings. The topological polar surface area (TPSA) is 114 Å². The number of ether oxygens (including phenoxy) is 1. The van der Waals surface area contributed by atoms with Gasteiger partial charge < -0.3 is 25.2 Å². The molecule has 0 unspecified atom stereocenters. The Labute approximate surface area is 204 Å². The van der Waals surface area contributed by atoms with Crippen molar-refractivity contribution in [2.24, 2.45) is 4.99 Å². The van der Waals surface area contributed by atoms with Crippen LogP contribution in [0.4, 0.5) is 4.79 Å². The predicted molar refractivity (Wildman–Crippen MR) is 134 cm³/mol. The molecule has 0 aromatic carbocycles. The van der Waals surface area contributed by atoms with Crippen LogP contribution in [-0.4, -0.2) is 53.0 Å². The second-order valence-electron chi connectivity index (χ2n) is 8.69. The van der Waals surface area contributed by atoms with Crippen molar-refractivity contribution >= 4 is 36.0 Å². The second-order valence-corrected chi connectivity index (χ2v) is 8.69. The number of carbonyl (C=O) groups excluding carboxylic acids is 1. The average Bonchev–Trinajstić information content (AvgIpc) is 3.12. The maximum Gasteiger partial charge on any atom is 0.408 e. The van der Waals surface area contributed by atoms with Crippen molar-refractivity contribution in [2.75, 3.05) is 19.6 Å². The zero-order valence-corrected chi connectivity index (χ0v) is 22.6. The summed E-state index contributed by atoms with van der Waals surface area (Å²) in [6, 6.07) is 0. The first-order chi connectivity index (χ1) is 14.0. The van der Waals surface area contributed by atoms with Crippen LogP contribution in [0, 0.1) is 0 Å². The summed E-state index contributed by atoms with van der Waals surface area (Å²) in [4.78, 5) is 21.4. The van der Waals surface area contributed by atoms with Gasteiger partial charge >= 0.3 is 6.09 Å². The molecule has 0 saturated carbocycles. The quantitative estimate of drug-likeness (QED) is 0.229. The molecular weight excluding hydrogens is 511 g/mol. The van der Waals surface area contributed by atoms with E-state index in [2.05, 4.69) is 26.1 Å². The molecule has 3 N–H and O–H groups in total. The van der Waals surface area contributed by atoms with Gasteiger partial charge in [-0.15, -0.1) is 24.0 Å². The number of carbonyl (C=O) groups is 1. The van der Waals surface area contributed by atoms with Gasteiger partial charge in [0, 0.05) is 25.4 Å². The van der Waals surface area contributed by atoms with Gasteiger partial charge in [0.05, 0.1) is 12.1 Å². The van der Waals surface area contributed by atoms with Gasteiger partial charge in [0.1, 0.15) is 5.60 Å². The minimum absolute atomic E-state index is 0. The maximum atomic E-state index is 12.3. The van der Waals surface area contributed by atoms with Crippen molar-refractivity contribution in [1.82, 2.24) is 26.1 Å². The Kier molecular flexibility index (Phi) is 13.0. The van der Waals surface area contributed by atoms with Gasteiger partial charge in [-0.2, -0.15) is 4.98 Å². The molecular formula is C21H41IN6O3. The van der Waals surface area contributed by atoms with E-state index in [-0.39, 0.29) is 29.9 Å². The van der Waals surface area contributed by atoms with Crippen molar-refractivity contribution in [3.63, 3.8) is 0 Å². The molecule has 0 fully saturated rings. The van der Waals surface area contributed by atoms with E-state index in [1.807, 2.05) is 55.4 Å². The third-order valence-electron chi connectivity index (χ3n) is 4.64. The molecule has 0 aliphatic carbocycles. The summed E-state index contributed by atoms with van der Waals surface area (Å²) in [7, 11) is 0. The smallest absolute Gasteiger partial charge is 0.408 e. The van der Waals surface area contributed by atoms with Crippen LogP contribution in [0.25, 0.3) is 0 Å². The highest BCUT2D eigenvalue weighted by atomic mass is 127. The van der Waals surface area contributed by atoms with Gasteiger partial charge in [0.2, 0.25) is 5.89 Å². The van der Waals surface area contributed by atoms with Gasteiger partial charge in [-0.1, -0.05) is 32.9 Å². The van der Waals surface area contributed by atoms with E-state index in [1.165, 1.54) is 0 Å². The van der Waals surface area contributed by atoms with E-state index in [9.17, 15) is 4.79 Å². The minimum Gasteiger partial charge on any atom is -0.444 e. The minimum atomic E-state index is -0.540. The Balaban J connectivity index is 0.00000900. The first-order valence-electron chi connectivity index (χ1n) is 10.9. The monoisotopic (exact) mass is 552 g/mol. The highest BCUT2D eigenvalue weighted by Gasteiger charge is 2.30. The number of halogens is 1. The van der Waals surface area contributed by atoms with E-state index in [4.69, 9.17) is 14.3 Å². The van der Waals surface area contributed by atoms with Gasteiger partial charge in [-0.3, -0.25) is 4.99 Å². The van der Waals surface area contributed by atoms with Gasteiger partial charge in [0.25, 0.3) is 0 Å². The van der Waals surface area contributed by atoms with Crippen LogP contribution in [0.5, 0.6) is 0 Å². The van der Waals surface area contributed by atoms with Crippen molar-refractivity contribution < 1.29 is 14.1 Å². The van der Waals surface area contributed by atoms with E-state index >= 15 is 0 Å². The van der Waals surface area contributed by atoms with Crippen molar-refractivity contribution in [1.29, 1.82) is 0 Å². The fourth-order valence-corrected chi connectivity index (χ4v) is 2.67. The number of nitrogens with one attached hydrogen (secondary N) is 3. The normalized spacial score (nSPS) is 12.4. The van der Waals surface area contributed by atoms with E-state index < -0.39 is 17.2 Å². The molecule has 1 heterocycles. The summed E-state index contributed by atoms with van der Waals surface area (Å²) in [5, 5.41) is 13.5. The van der Waals surface area contributed by atoms with Crippen LogP contribution in [-0.2, 0) is 11.2 Å². The zero-order chi connectivity index (χ0) is 22.8. The summed E-state index contributed by atoms with van der Waals surface area (Å²) in [5.41, 5.74) is -1.01. The third-order valence-corrected chi connectivity index (χ3v) is 4.64. The SMILES string of the molecule is CCNC(=NCC(CC)(CC)NC(=O)OC(C)(C)C)NCCc1nc(C(C)C)no1.I. The number of aromatic nitrogens is 2. The van der Waals surface area contributed by atoms with E-state index in [1.54, 1.807) is 0 Å². The largest absolute Gasteiger partial charge is 0.444 e. The molecule has 9 nitrogen and oxygen atoms in total. The molecule has 10 heteroatoms. The Hall–Kier alpha value is -1.59. The lowest BCUT2D eigenvalue weighted by molar-refractivity contribution is 0.0452. The summed E-state index contributed by atoms with van der Waals surface area (Å²) in [5.74, 6) is 2.24. The van der Waals surface area contributed by atoms with Crippen molar-refractivity contribution in [2.45, 2.75) is 91.7 Å². The van der Waals surface area contributed by atoms with Gasteiger partial charge in [-0.25, -0.2) is 4.79 Å². The molecule has 0 saturated heterocycles. The Bertz CT molecular complexity index is 681. The molecule has 1 rings (SSSR count). The summed E-state index contributed by atoms with van der Waals surface area (Å²) < 4.78 is 10.7. The summed E-state index contributed by atoms with van der Waals surface area (Å²) >= 11 is 0. The Morgan fingerprint density at radius 3 is 2.29 bits per heavy atom. The van der Waals surface area contributed by atoms with E-state index in [0.29, 0.717) is 31.4 Å². The number of guanidine groups is 1. The number of amides is 1. The fraction of sp³-hybridized carbons (Fsp3) is 0.810. The molecule has 0 bridgehead atoms. The summed E-state index contributed by atoms with van der Waals surface area (Å²) in [6.07, 6.45) is 1.67. The number of rotatable bonds is 10. The van der Waals surface area contributed by atoms with Crippen LogP contribution >= 0.6 is 24.0 Å². The van der Waals surface area contributed by atoms with Crippen LogP contribution in [0.3, 0.4) is 0 Å². The zero-order valence-electron chi connectivity index (χ0n) is 20.3. The number of nitrogens with zero attached hydrogens (tertiary/aromatic N) is 3. The first kappa shape index (κ1) is 29.4. The Morgan fingerprint density at radius 1 is 1.16 bits per heavy atom. The van der Waals surface area contributed by atoms with Crippen molar-refractivity contribution in [3.05, 3.63) is 11.7 Å². The third kappa shape index (κ3) is 11.0. The summed E-state index contributed by atoms with van der Waals surface area (Å²) in [6.45, 7) is 17.5. The average molecular weight is 553 g/mol. The molecule has 0 spiro atoms. The van der Waals surface area contributed by atoms with Gasteiger partial charge in [0.15, 0.2) is 11.8 Å². The molecule has 1 aromatic rings. The van der Waals surface area contributed by atoms with Gasteiger partial charge in [-0.05, 0) is 40.5 Å². The highest BCUT2D eigenvalue weighted by Crippen LogP contribution is 2.17. The molecule has 1 amide bonds. The molecule has 0 radical (unpaired) electrons. The van der Waals surface area contributed by atoms with Crippen LogP contribution in [0.15, 0.2) is 9.52 Å². The Morgan fingerprint density at radius 2 is 1.81 bits per heavy atom. The lowest BCUT2D eigenvalue weighted by Gasteiger charge is -2.32. The number of hydrogen-bond acceptors (Lipinski definition) is 6. The molecule has 1 aromatic heterocycles. The van der Waals surface area contributed by atoms with Crippen LogP contribution in [0.2, 0.25) is 0 Å². The molecule has 31 heavy (non-hydrogen) atoms. The van der Waals surface area contributed by atoms with Crippen LogP contribution < -0.4 is 16.0 Å². The maximum absolute atomic E-state index is 12.3. The fourth-order valence-electron chi connectivity index (χ4n) is 2.67. The molecule has 0 atom stereocenters. The second kappa shape index (κ2) is 13.7. The lowest BCUT2D eigenvalue weighted by atomic mass is 9.93. The molecule has 0 aliphatic heterocycles. The van der Waals surface area contributed by atoms with Crippen molar-refractivity contribution in [3.8, 4) is 0 Å². The van der Waals surface area contributed by atoms with E-state index in [0.717, 1.165) is 25.2 Å². The first-order valence-corrected chi connectivity index (χ1v) is 10.9. The molecule has 180 valence electrons. The number of hydrogen-bond donors (Lipinski definition) is 3. The standard InChI is InChI=1S/C21H40N6O3.HI/c1-9-21(10-2,26-19(28)29-20(6,7)8)14-24-18(22-11-3)23-13-12-16-25-17(15(4)5)27-30-16;/h15H,9-14H2,1-8H3,(H,26,28)(H2,22,23,24);1H. The van der Waals surface area contributed by atoms with Crippen LogP contribution in [0.1, 0.15) is 85.9 Å². The lowest BCUT2D eigenvalue weighted by Crippen LogP contribution is -2.52. The predicted octanol–water partition coefficient (Wildman–Crippen LogP) is 3.99. The highest BCUT2D eigenvalue weighted by molar-refractivity contribution is 14.0. The number of alkyl carbamates (subject to hydrolysis) is 1.